The number of rotatable bonds is 3. The first-order valence-corrected chi connectivity index (χ1v) is 7.94. The van der Waals surface area contributed by atoms with Crippen LogP contribution in [0.2, 0.25) is 6.04 Å². The van der Waals surface area contributed by atoms with Crippen LogP contribution in [0.25, 0.3) is 0 Å². The van der Waals surface area contributed by atoms with E-state index in [-0.39, 0.29) is 0 Å². The standard InChI is InChI=1S/C14H24NSi/c1-15(2)11-13-7-4-3-6-12(13)10-14(15)8-5-9-16/h3-4,6-7,14H,5,8-11H2,1-2,16H3/q+1. The second-order valence-electron chi connectivity index (χ2n) is 5.71. The fraction of sp³-hybridized carbons (Fsp3) is 0.571. The number of nitrogens with zero attached hydrogens (tertiary/aromatic N) is 1. The zero-order chi connectivity index (χ0) is 11.6. The van der Waals surface area contributed by atoms with E-state index >= 15 is 0 Å². The quantitative estimate of drug-likeness (QED) is 0.552. The molecule has 1 aliphatic rings. The van der Waals surface area contributed by atoms with E-state index in [9.17, 15) is 0 Å². The average molecular weight is 234 g/mol. The van der Waals surface area contributed by atoms with Gasteiger partial charge in [-0.25, -0.2) is 0 Å². The molecule has 1 aromatic carbocycles. The Kier molecular flexibility index (Phi) is 3.50. The lowest BCUT2D eigenvalue weighted by Gasteiger charge is -2.42. The highest BCUT2D eigenvalue weighted by molar-refractivity contribution is 6.08. The van der Waals surface area contributed by atoms with Gasteiger partial charge in [-0.15, -0.1) is 0 Å². The minimum absolute atomic E-state index is 0.837. The normalized spacial score (nSPS) is 23.0. The van der Waals surface area contributed by atoms with Crippen LogP contribution in [0.5, 0.6) is 0 Å². The van der Waals surface area contributed by atoms with Gasteiger partial charge in [0.25, 0.3) is 0 Å². The van der Waals surface area contributed by atoms with Crippen molar-refractivity contribution in [2.45, 2.75) is 37.9 Å². The lowest BCUT2D eigenvalue weighted by molar-refractivity contribution is -0.930. The summed E-state index contributed by atoms with van der Waals surface area (Å²) in [6, 6.07) is 11.3. The number of likely N-dealkylation sites (N-methyl/N-ethyl adjacent to an activating group) is 1. The van der Waals surface area contributed by atoms with E-state index in [1.165, 1.54) is 46.6 Å². The Balaban J connectivity index is 2.18. The van der Waals surface area contributed by atoms with Crippen molar-refractivity contribution in [2.75, 3.05) is 14.1 Å². The molecule has 0 saturated carbocycles. The lowest BCUT2D eigenvalue weighted by atomic mass is 9.90. The van der Waals surface area contributed by atoms with Crippen LogP contribution in [0, 0.1) is 0 Å². The Labute approximate surface area is 102 Å². The largest absolute Gasteiger partial charge is 0.322 e. The first-order valence-electron chi connectivity index (χ1n) is 6.53. The highest BCUT2D eigenvalue weighted by Crippen LogP contribution is 2.29. The molecular formula is C14H24NSi+. The molecule has 0 saturated heterocycles. The number of benzene rings is 1. The maximum absolute atomic E-state index is 2.40. The van der Waals surface area contributed by atoms with Crippen LogP contribution in [0.3, 0.4) is 0 Å². The van der Waals surface area contributed by atoms with Gasteiger partial charge in [0.1, 0.15) is 6.54 Å². The van der Waals surface area contributed by atoms with Crippen LogP contribution in [0.15, 0.2) is 24.3 Å². The zero-order valence-corrected chi connectivity index (χ0v) is 12.9. The van der Waals surface area contributed by atoms with Gasteiger partial charge < -0.3 is 4.48 Å². The van der Waals surface area contributed by atoms with Crippen LogP contribution < -0.4 is 0 Å². The van der Waals surface area contributed by atoms with Crippen molar-refractivity contribution >= 4 is 10.2 Å². The molecule has 0 bridgehead atoms. The van der Waals surface area contributed by atoms with Gasteiger partial charge in [-0.2, -0.15) is 0 Å². The molecule has 1 nitrogen and oxygen atoms in total. The molecular weight excluding hydrogens is 210 g/mol. The third kappa shape index (κ3) is 2.38. The Morgan fingerprint density at radius 1 is 1.25 bits per heavy atom. The predicted octanol–water partition coefficient (Wildman–Crippen LogP) is 1.75. The summed E-state index contributed by atoms with van der Waals surface area (Å²) in [5, 5.41) is 0. The molecule has 0 radical (unpaired) electrons. The number of hydrogen-bond donors (Lipinski definition) is 0. The van der Waals surface area contributed by atoms with Crippen LogP contribution in [0.4, 0.5) is 0 Å². The number of fused-ring (bicyclic) bond motifs is 1. The van der Waals surface area contributed by atoms with Gasteiger partial charge in [0.05, 0.1) is 20.1 Å². The molecule has 2 rings (SSSR count). The topological polar surface area (TPSA) is 0 Å². The van der Waals surface area contributed by atoms with E-state index in [0.717, 1.165) is 6.04 Å². The monoisotopic (exact) mass is 234 g/mol. The van der Waals surface area contributed by atoms with Gasteiger partial charge in [-0.3, -0.25) is 0 Å². The molecule has 0 aliphatic carbocycles. The van der Waals surface area contributed by atoms with Crippen LogP contribution >= 0.6 is 0 Å². The average Bonchev–Trinajstić information content (AvgIpc) is 2.25. The van der Waals surface area contributed by atoms with E-state index < -0.39 is 0 Å². The summed E-state index contributed by atoms with van der Waals surface area (Å²) < 4.78 is 1.18. The summed E-state index contributed by atoms with van der Waals surface area (Å²) >= 11 is 0. The smallest absolute Gasteiger partial charge is 0.104 e. The first kappa shape index (κ1) is 11.9. The lowest BCUT2D eigenvalue weighted by Crippen LogP contribution is -2.51. The minimum Gasteiger partial charge on any atom is -0.322 e. The van der Waals surface area contributed by atoms with E-state index in [1.807, 2.05) is 0 Å². The van der Waals surface area contributed by atoms with Gasteiger partial charge >= 0.3 is 0 Å². The Hall–Kier alpha value is -0.603. The molecule has 0 aromatic heterocycles. The van der Waals surface area contributed by atoms with E-state index in [2.05, 4.69) is 38.4 Å². The van der Waals surface area contributed by atoms with Gasteiger partial charge in [-0.05, 0) is 12.0 Å². The predicted molar refractivity (Wildman–Crippen MR) is 73.7 cm³/mol. The molecule has 0 spiro atoms. The summed E-state index contributed by atoms with van der Waals surface area (Å²) in [6.45, 7) is 1.21. The number of quaternary nitrogens is 1. The summed E-state index contributed by atoms with van der Waals surface area (Å²) in [7, 11) is 6.16. The fourth-order valence-corrected chi connectivity index (χ4v) is 3.28. The Bertz CT molecular complexity index is 360. The molecule has 0 fully saturated rings. The summed E-state index contributed by atoms with van der Waals surface area (Å²) in [5.41, 5.74) is 3.16. The third-order valence-corrected chi connectivity index (χ3v) is 4.74. The summed E-state index contributed by atoms with van der Waals surface area (Å²) in [5.74, 6) is 0. The second kappa shape index (κ2) is 4.72. The Morgan fingerprint density at radius 3 is 2.62 bits per heavy atom. The third-order valence-electron chi connectivity index (χ3n) is 4.03. The summed E-state index contributed by atoms with van der Waals surface area (Å²) in [6.07, 6.45) is 4.12. The van der Waals surface area contributed by atoms with Gasteiger partial charge in [0, 0.05) is 22.2 Å². The second-order valence-corrected chi connectivity index (χ2v) is 6.71. The van der Waals surface area contributed by atoms with Crippen LogP contribution in [-0.2, 0) is 13.0 Å². The fourth-order valence-electron chi connectivity index (χ4n) is 2.87. The maximum atomic E-state index is 2.40. The van der Waals surface area contributed by atoms with Crippen molar-refractivity contribution in [3.8, 4) is 0 Å². The zero-order valence-electron chi connectivity index (χ0n) is 10.9. The summed E-state index contributed by atoms with van der Waals surface area (Å²) in [4.78, 5) is 0. The molecule has 1 heterocycles. The molecule has 1 aromatic rings. The molecule has 16 heavy (non-hydrogen) atoms. The molecule has 1 unspecified atom stereocenters. The first-order chi connectivity index (χ1) is 7.63. The van der Waals surface area contributed by atoms with Crippen LogP contribution in [-0.4, -0.2) is 34.9 Å². The molecule has 2 heteroatoms. The van der Waals surface area contributed by atoms with Crippen LogP contribution in [0.1, 0.15) is 24.0 Å². The number of hydrogen-bond acceptors (Lipinski definition) is 0. The van der Waals surface area contributed by atoms with Crippen molar-refractivity contribution < 1.29 is 4.48 Å². The van der Waals surface area contributed by atoms with Crippen molar-refractivity contribution in [2.24, 2.45) is 0 Å². The highest BCUT2D eigenvalue weighted by atomic mass is 28.1. The van der Waals surface area contributed by atoms with Gasteiger partial charge in [0.2, 0.25) is 0 Å². The molecule has 88 valence electrons. The minimum atomic E-state index is 0.837. The van der Waals surface area contributed by atoms with E-state index in [4.69, 9.17) is 0 Å². The van der Waals surface area contributed by atoms with Gasteiger partial charge in [0.15, 0.2) is 0 Å². The van der Waals surface area contributed by atoms with Gasteiger partial charge in [-0.1, -0.05) is 36.7 Å². The Morgan fingerprint density at radius 2 is 1.94 bits per heavy atom. The highest BCUT2D eigenvalue weighted by Gasteiger charge is 2.33. The molecule has 1 atom stereocenters. The SMILES string of the molecule is C[N+]1(C)Cc2ccccc2CC1CCC[SiH3]. The maximum Gasteiger partial charge on any atom is 0.104 e. The van der Waals surface area contributed by atoms with Crippen molar-refractivity contribution in [1.82, 2.24) is 0 Å². The van der Waals surface area contributed by atoms with E-state index in [0.29, 0.717) is 0 Å². The van der Waals surface area contributed by atoms with E-state index in [1.54, 1.807) is 11.1 Å². The molecule has 1 aliphatic heterocycles. The molecule has 0 amide bonds. The van der Waals surface area contributed by atoms with Crippen molar-refractivity contribution in [3.63, 3.8) is 0 Å². The van der Waals surface area contributed by atoms with Crippen molar-refractivity contribution in [1.29, 1.82) is 0 Å². The van der Waals surface area contributed by atoms with Crippen molar-refractivity contribution in [3.05, 3.63) is 35.4 Å². The molecule has 0 N–H and O–H groups in total.